The van der Waals surface area contributed by atoms with Gasteiger partial charge in [-0.1, -0.05) is 28.9 Å². The fourth-order valence-corrected chi connectivity index (χ4v) is 2.34. The van der Waals surface area contributed by atoms with Gasteiger partial charge in [-0.05, 0) is 30.3 Å². The van der Waals surface area contributed by atoms with E-state index in [-0.39, 0.29) is 27.9 Å². The minimum Gasteiger partial charge on any atom is -0.507 e. The highest BCUT2D eigenvalue weighted by Gasteiger charge is 2.31. The molecule has 3 rings (SSSR count). The third-order valence-electron chi connectivity index (χ3n) is 3.45. The van der Waals surface area contributed by atoms with Crippen molar-refractivity contribution in [1.29, 1.82) is 0 Å². The SMILES string of the molecule is O=C(Nc1cc(C(F)(F)F)ccc1Cl)c1cc(-c2ccccc2O)on1. The van der Waals surface area contributed by atoms with Gasteiger partial charge in [0.05, 0.1) is 21.8 Å². The third kappa shape index (κ3) is 3.65. The van der Waals surface area contributed by atoms with Gasteiger partial charge in [-0.3, -0.25) is 4.79 Å². The molecule has 1 amide bonds. The number of phenols is 1. The van der Waals surface area contributed by atoms with Crippen LogP contribution in [0.25, 0.3) is 11.3 Å². The molecule has 0 unspecified atom stereocenters. The molecule has 0 saturated carbocycles. The molecule has 0 fully saturated rings. The first-order valence-corrected chi connectivity index (χ1v) is 7.56. The first-order chi connectivity index (χ1) is 12.3. The van der Waals surface area contributed by atoms with Gasteiger partial charge >= 0.3 is 6.18 Å². The number of nitrogens with one attached hydrogen (secondary N) is 1. The van der Waals surface area contributed by atoms with E-state index in [1.807, 2.05) is 0 Å². The van der Waals surface area contributed by atoms with Gasteiger partial charge in [-0.25, -0.2) is 0 Å². The monoisotopic (exact) mass is 382 g/mol. The summed E-state index contributed by atoms with van der Waals surface area (Å²) in [4.78, 5) is 12.2. The van der Waals surface area contributed by atoms with Gasteiger partial charge in [0.15, 0.2) is 11.5 Å². The van der Waals surface area contributed by atoms with Crippen LogP contribution in [-0.2, 0) is 6.18 Å². The molecule has 0 radical (unpaired) electrons. The van der Waals surface area contributed by atoms with Crippen LogP contribution in [0.4, 0.5) is 18.9 Å². The summed E-state index contributed by atoms with van der Waals surface area (Å²) >= 11 is 5.84. The van der Waals surface area contributed by atoms with Crippen molar-refractivity contribution in [2.24, 2.45) is 0 Å². The molecular weight excluding hydrogens is 373 g/mol. The Morgan fingerprint density at radius 2 is 1.88 bits per heavy atom. The molecule has 5 nitrogen and oxygen atoms in total. The number of anilines is 1. The van der Waals surface area contributed by atoms with Crippen LogP contribution in [0.2, 0.25) is 5.02 Å². The van der Waals surface area contributed by atoms with Gasteiger partial charge in [0, 0.05) is 6.07 Å². The average Bonchev–Trinajstić information content (AvgIpc) is 3.06. The lowest BCUT2D eigenvalue weighted by molar-refractivity contribution is -0.137. The van der Waals surface area contributed by atoms with E-state index < -0.39 is 17.6 Å². The Balaban J connectivity index is 1.85. The Morgan fingerprint density at radius 1 is 1.15 bits per heavy atom. The Hall–Kier alpha value is -3.00. The largest absolute Gasteiger partial charge is 0.507 e. The lowest BCUT2D eigenvalue weighted by Crippen LogP contribution is -2.14. The topological polar surface area (TPSA) is 75.4 Å². The summed E-state index contributed by atoms with van der Waals surface area (Å²) in [5.41, 5.74) is -1.03. The molecule has 26 heavy (non-hydrogen) atoms. The molecule has 9 heteroatoms. The van der Waals surface area contributed by atoms with Gasteiger partial charge in [0.25, 0.3) is 5.91 Å². The Kier molecular flexibility index (Phi) is 4.60. The number of carbonyl (C=O) groups is 1. The number of hydrogen-bond acceptors (Lipinski definition) is 4. The van der Waals surface area contributed by atoms with Crippen molar-refractivity contribution in [1.82, 2.24) is 5.16 Å². The van der Waals surface area contributed by atoms with Crippen molar-refractivity contribution in [2.45, 2.75) is 6.18 Å². The number of benzene rings is 2. The van der Waals surface area contributed by atoms with Crippen molar-refractivity contribution in [3.05, 3.63) is 64.8 Å². The van der Waals surface area contributed by atoms with Crippen LogP contribution in [0, 0.1) is 0 Å². The van der Waals surface area contributed by atoms with E-state index in [9.17, 15) is 23.1 Å². The van der Waals surface area contributed by atoms with Gasteiger partial charge < -0.3 is 14.9 Å². The molecule has 0 bridgehead atoms. The van der Waals surface area contributed by atoms with Crippen molar-refractivity contribution >= 4 is 23.2 Å². The molecule has 2 aromatic carbocycles. The first kappa shape index (κ1) is 17.8. The molecule has 0 aliphatic carbocycles. The van der Waals surface area contributed by atoms with Crippen molar-refractivity contribution in [3.63, 3.8) is 0 Å². The number of aromatic nitrogens is 1. The summed E-state index contributed by atoms with van der Waals surface area (Å²) in [6, 6.07) is 10.1. The standard InChI is InChI=1S/C17H10ClF3N2O3/c18-11-6-5-9(17(19,20)21)7-12(11)22-16(25)13-8-15(26-23-13)10-3-1-2-4-14(10)24/h1-8,24H,(H,22,25). The minimum atomic E-state index is -4.57. The molecule has 134 valence electrons. The zero-order valence-corrected chi connectivity index (χ0v) is 13.6. The second-order valence-electron chi connectivity index (χ2n) is 5.24. The summed E-state index contributed by atoms with van der Waals surface area (Å²) in [7, 11) is 0. The fraction of sp³-hybridized carbons (Fsp3) is 0.0588. The van der Waals surface area contributed by atoms with Crippen molar-refractivity contribution in [2.75, 3.05) is 5.32 Å². The number of alkyl halides is 3. The van der Waals surface area contributed by atoms with Crippen LogP contribution >= 0.6 is 11.6 Å². The molecule has 0 atom stereocenters. The predicted octanol–water partition coefficient (Wildman–Crippen LogP) is 4.97. The number of amides is 1. The van der Waals surface area contributed by atoms with Crippen LogP contribution in [0.1, 0.15) is 16.1 Å². The number of hydrogen-bond donors (Lipinski definition) is 2. The smallest absolute Gasteiger partial charge is 0.416 e. The summed E-state index contributed by atoms with van der Waals surface area (Å²) < 4.78 is 43.4. The Morgan fingerprint density at radius 3 is 2.58 bits per heavy atom. The highest BCUT2D eigenvalue weighted by molar-refractivity contribution is 6.33. The zero-order valence-electron chi connectivity index (χ0n) is 12.8. The lowest BCUT2D eigenvalue weighted by atomic mass is 10.1. The van der Waals surface area contributed by atoms with Gasteiger partial charge in [0.1, 0.15) is 5.75 Å². The van der Waals surface area contributed by atoms with Crippen molar-refractivity contribution < 1.29 is 27.6 Å². The molecule has 0 spiro atoms. The Bertz CT molecular complexity index is 970. The van der Waals surface area contributed by atoms with E-state index in [0.29, 0.717) is 5.56 Å². The zero-order chi connectivity index (χ0) is 18.9. The quantitative estimate of drug-likeness (QED) is 0.670. The third-order valence-corrected chi connectivity index (χ3v) is 3.78. The molecule has 1 heterocycles. The maximum absolute atomic E-state index is 12.8. The molecular formula is C17H10ClF3N2O3. The van der Waals surface area contributed by atoms with Gasteiger partial charge in [0.2, 0.25) is 0 Å². The number of nitrogens with zero attached hydrogens (tertiary/aromatic N) is 1. The number of rotatable bonds is 3. The molecule has 0 aliphatic heterocycles. The van der Waals surface area contributed by atoms with Crippen LogP contribution in [0.15, 0.2) is 53.1 Å². The van der Waals surface area contributed by atoms with E-state index in [4.69, 9.17) is 16.1 Å². The fourth-order valence-electron chi connectivity index (χ4n) is 2.17. The second kappa shape index (κ2) is 6.72. The van der Waals surface area contributed by atoms with Gasteiger partial charge in [-0.15, -0.1) is 0 Å². The van der Waals surface area contributed by atoms with E-state index in [0.717, 1.165) is 18.2 Å². The van der Waals surface area contributed by atoms with E-state index >= 15 is 0 Å². The van der Waals surface area contributed by atoms with Gasteiger partial charge in [-0.2, -0.15) is 13.2 Å². The number of halogens is 4. The molecule has 0 aliphatic rings. The summed E-state index contributed by atoms with van der Waals surface area (Å²) in [6.07, 6.45) is -4.57. The van der Waals surface area contributed by atoms with Crippen LogP contribution in [-0.4, -0.2) is 16.2 Å². The summed E-state index contributed by atoms with van der Waals surface area (Å²) in [6.45, 7) is 0. The number of para-hydroxylation sites is 1. The maximum atomic E-state index is 12.8. The van der Waals surface area contributed by atoms with E-state index in [1.54, 1.807) is 18.2 Å². The molecule has 2 N–H and O–H groups in total. The highest BCUT2D eigenvalue weighted by atomic mass is 35.5. The van der Waals surface area contributed by atoms with Crippen LogP contribution in [0.5, 0.6) is 5.75 Å². The second-order valence-corrected chi connectivity index (χ2v) is 5.65. The molecule has 0 saturated heterocycles. The first-order valence-electron chi connectivity index (χ1n) is 7.19. The van der Waals surface area contributed by atoms with Crippen LogP contribution in [0.3, 0.4) is 0 Å². The molecule has 3 aromatic rings. The maximum Gasteiger partial charge on any atom is 0.416 e. The predicted molar refractivity (Wildman–Crippen MR) is 88.0 cm³/mol. The lowest BCUT2D eigenvalue weighted by Gasteiger charge is -2.10. The van der Waals surface area contributed by atoms with Crippen LogP contribution < -0.4 is 5.32 Å². The van der Waals surface area contributed by atoms with E-state index in [1.165, 1.54) is 12.1 Å². The number of phenolic OH excluding ortho intramolecular Hbond substituents is 1. The van der Waals surface area contributed by atoms with Crippen molar-refractivity contribution in [3.8, 4) is 17.1 Å². The number of aromatic hydroxyl groups is 1. The number of carbonyl (C=O) groups excluding carboxylic acids is 1. The normalized spacial score (nSPS) is 11.4. The van der Waals surface area contributed by atoms with E-state index in [2.05, 4.69) is 10.5 Å². The summed E-state index contributed by atoms with van der Waals surface area (Å²) in [5.74, 6) is -0.753. The highest BCUT2D eigenvalue weighted by Crippen LogP contribution is 2.34. The average molecular weight is 383 g/mol. The minimum absolute atomic E-state index is 0.0595. The Labute approximate surface area is 150 Å². The molecule has 1 aromatic heterocycles. The summed E-state index contributed by atoms with van der Waals surface area (Å²) in [5, 5.41) is 15.5.